The summed E-state index contributed by atoms with van der Waals surface area (Å²) < 4.78 is 38.8. The fourth-order valence-corrected chi connectivity index (χ4v) is 4.82. The third-order valence-electron chi connectivity index (χ3n) is 5.52. The summed E-state index contributed by atoms with van der Waals surface area (Å²) in [4.78, 5) is 15.1. The Morgan fingerprint density at radius 1 is 0.972 bits per heavy atom. The number of hydrogen-bond acceptors (Lipinski definition) is 5. The van der Waals surface area contributed by atoms with Crippen molar-refractivity contribution in [3.8, 4) is 0 Å². The van der Waals surface area contributed by atoms with Gasteiger partial charge in [-0.15, -0.1) is 0 Å². The molecular weight excluding hydrogens is 476 g/mol. The van der Waals surface area contributed by atoms with Crippen molar-refractivity contribution in [1.82, 2.24) is 9.21 Å². The van der Waals surface area contributed by atoms with Crippen LogP contribution in [0.2, 0.25) is 0 Å². The molecule has 7 nitrogen and oxygen atoms in total. The third kappa shape index (κ3) is 8.78. The molecule has 0 bridgehead atoms. The molecular formula is C28H34N2O5S. The third-order valence-corrected chi connectivity index (χ3v) is 7.03. The van der Waals surface area contributed by atoms with Gasteiger partial charge in [0.25, 0.3) is 0 Å². The Morgan fingerprint density at radius 2 is 1.67 bits per heavy atom. The standard InChI is InChI=1S/C28H34N2O5S/c1-3-34-19-10-18-30(36(32,33)20-17-25-11-6-4-7-12-25)23-28(31)29(21-26-13-8-5-9-14-26)22-27-16-15-24(2)35-27/h4-9,11-17,20H,3,10,18-19,21-23H2,1-2H3/b20-17+. The summed E-state index contributed by atoms with van der Waals surface area (Å²) in [6, 6.07) is 22.5. The van der Waals surface area contributed by atoms with E-state index in [9.17, 15) is 13.2 Å². The van der Waals surface area contributed by atoms with E-state index in [1.165, 1.54) is 4.31 Å². The fourth-order valence-electron chi connectivity index (χ4n) is 3.64. The van der Waals surface area contributed by atoms with Crippen molar-refractivity contribution < 1.29 is 22.4 Å². The molecule has 0 N–H and O–H groups in total. The first-order chi connectivity index (χ1) is 17.4. The van der Waals surface area contributed by atoms with Gasteiger partial charge in [0.05, 0.1) is 13.1 Å². The van der Waals surface area contributed by atoms with Crippen LogP contribution in [0.4, 0.5) is 0 Å². The van der Waals surface area contributed by atoms with E-state index in [0.717, 1.165) is 22.3 Å². The largest absolute Gasteiger partial charge is 0.464 e. The van der Waals surface area contributed by atoms with Crippen molar-refractivity contribution in [3.05, 3.63) is 101 Å². The summed E-state index contributed by atoms with van der Waals surface area (Å²) in [5.41, 5.74) is 1.71. The van der Waals surface area contributed by atoms with Crippen LogP contribution in [0.1, 0.15) is 36.0 Å². The van der Waals surface area contributed by atoms with Gasteiger partial charge in [0.1, 0.15) is 11.5 Å². The number of benzene rings is 2. The topological polar surface area (TPSA) is 80.1 Å². The molecule has 1 aromatic heterocycles. The highest BCUT2D eigenvalue weighted by Crippen LogP contribution is 2.15. The lowest BCUT2D eigenvalue weighted by molar-refractivity contribution is -0.133. The molecule has 192 valence electrons. The molecule has 0 saturated carbocycles. The van der Waals surface area contributed by atoms with Gasteiger partial charge < -0.3 is 14.1 Å². The van der Waals surface area contributed by atoms with Gasteiger partial charge in [0.2, 0.25) is 15.9 Å². The Hall–Kier alpha value is -3.20. The molecule has 3 rings (SSSR count). The molecule has 0 atom stereocenters. The minimum Gasteiger partial charge on any atom is -0.464 e. The monoisotopic (exact) mass is 510 g/mol. The lowest BCUT2D eigenvalue weighted by Crippen LogP contribution is -2.42. The number of carbonyl (C=O) groups excluding carboxylic acids is 1. The van der Waals surface area contributed by atoms with Crippen LogP contribution in [0.15, 0.2) is 82.6 Å². The molecule has 3 aromatic rings. The second-order valence-electron chi connectivity index (χ2n) is 8.39. The van der Waals surface area contributed by atoms with Crippen LogP contribution in [-0.2, 0) is 32.6 Å². The first kappa shape index (κ1) is 27.4. The Kier molecular flexibility index (Phi) is 10.5. The molecule has 0 fully saturated rings. The number of sulfonamides is 1. The molecule has 36 heavy (non-hydrogen) atoms. The molecule has 0 unspecified atom stereocenters. The van der Waals surface area contributed by atoms with Gasteiger partial charge in [-0.25, -0.2) is 8.42 Å². The van der Waals surface area contributed by atoms with E-state index >= 15 is 0 Å². The Labute approximate surface area is 214 Å². The zero-order valence-electron chi connectivity index (χ0n) is 20.9. The number of carbonyl (C=O) groups is 1. The second kappa shape index (κ2) is 13.8. The maximum Gasteiger partial charge on any atom is 0.238 e. The van der Waals surface area contributed by atoms with E-state index in [2.05, 4.69) is 0 Å². The average Bonchev–Trinajstić information content (AvgIpc) is 3.30. The Morgan fingerprint density at radius 3 is 2.31 bits per heavy atom. The summed E-state index contributed by atoms with van der Waals surface area (Å²) in [6.07, 6.45) is 2.03. The van der Waals surface area contributed by atoms with Crippen LogP contribution in [0.5, 0.6) is 0 Å². The van der Waals surface area contributed by atoms with E-state index < -0.39 is 10.0 Å². The number of rotatable bonds is 14. The van der Waals surface area contributed by atoms with Crippen molar-refractivity contribution in [2.45, 2.75) is 33.4 Å². The predicted molar refractivity (Wildman–Crippen MR) is 141 cm³/mol. The highest BCUT2D eigenvalue weighted by Gasteiger charge is 2.26. The van der Waals surface area contributed by atoms with Gasteiger partial charge in [0, 0.05) is 31.7 Å². The van der Waals surface area contributed by atoms with Crippen molar-refractivity contribution in [1.29, 1.82) is 0 Å². The number of nitrogens with zero attached hydrogens (tertiary/aromatic N) is 2. The lowest BCUT2D eigenvalue weighted by atomic mass is 10.2. The van der Waals surface area contributed by atoms with Gasteiger partial charge in [-0.1, -0.05) is 60.7 Å². The number of amides is 1. The van der Waals surface area contributed by atoms with Gasteiger partial charge in [-0.2, -0.15) is 4.31 Å². The average molecular weight is 511 g/mol. The molecule has 0 spiro atoms. The van der Waals surface area contributed by atoms with Crippen molar-refractivity contribution in [3.63, 3.8) is 0 Å². The zero-order chi connectivity index (χ0) is 25.8. The molecule has 0 aliphatic heterocycles. The molecule has 8 heteroatoms. The maximum atomic E-state index is 13.5. The van der Waals surface area contributed by atoms with E-state index in [1.54, 1.807) is 11.0 Å². The van der Waals surface area contributed by atoms with E-state index in [0.29, 0.717) is 31.9 Å². The summed E-state index contributed by atoms with van der Waals surface area (Å²) in [6.45, 7) is 5.18. The summed E-state index contributed by atoms with van der Waals surface area (Å²) in [5.74, 6) is 1.09. The molecule has 0 aliphatic carbocycles. The van der Waals surface area contributed by atoms with E-state index in [1.807, 2.05) is 86.6 Å². The highest BCUT2D eigenvalue weighted by molar-refractivity contribution is 7.92. The minimum absolute atomic E-state index is 0.173. The number of hydrogen-bond donors (Lipinski definition) is 0. The summed E-state index contributed by atoms with van der Waals surface area (Å²) in [5, 5.41) is 1.16. The molecule has 0 aliphatic rings. The normalized spacial score (nSPS) is 11.9. The zero-order valence-corrected chi connectivity index (χ0v) is 21.7. The van der Waals surface area contributed by atoms with Crippen LogP contribution in [-0.4, -0.2) is 49.8 Å². The van der Waals surface area contributed by atoms with Gasteiger partial charge in [-0.3, -0.25) is 4.79 Å². The van der Waals surface area contributed by atoms with Gasteiger partial charge in [0.15, 0.2) is 0 Å². The SMILES string of the molecule is CCOCCCN(CC(=O)N(Cc1ccccc1)Cc1ccc(C)o1)S(=O)(=O)/C=C/c1ccccc1. The fraction of sp³-hybridized carbons (Fsp3) is 0.321. The van der Waals surface area contributed by atoms with Crippen LogP contribution in [0.3, 0.4) is 0 Å². The van der Waals surface area contributed by atoms with E-state index in [-0.39, 0.29) is 25.5 Å². The molecule has 1 heterocycles. The minimum atomic E-state index is -3.85. The van der Waals surface area contributed by atoms with Crippen molar-refractivity contribution >= 4 is 22.0 Å². The highest BCUT2D eigenvalue weighted by atomic mass is 32.2. The van der Waals surface area contributed by atoms with Crippen molar-refractivity contribution in [2.24, 2.45) is 0 Å². The molecule has 0 saturated heterocycles. The Balaban J connectivity index is 1.80. The van der Waals surface area contributed by atoms with Crippen molar-refractivity contribution in [2.75, 3.05) is 26.3 Å². The lowest BCUT2D eigenvalue weighted by Gasteiger charge is -2.26. The first-order valence-electron chi connectivity index (χ1n) is 12.1. The molecule has 0 radical (unpaired) electrons. The Bertz CT molecular complexity index is 1210. The maximum absolute atomic E-state index is 13.5. The van der Waals surface area contributed by atoms with Crippen LogP contribution in [0, 0.1) is 6.92 Å². The molecule has 2 aromatic carbocycles. The van der Waals surface area contributed by atoms with Crippen LogP contribution < -0.4 is 0 Å². The second-order valence-corrected chi connectivity index (χ2v) is 10.2. The van der Waals surface area contributed by atoms with E-state index in [4.69, 9.17) is 9.15 Å². The van der Waals surface area contributed by atoms with Crippen LogP contribution in [0.25, 0.3) is 6.08 Å². The van der Waals surface area contributed by atoms with Crippen LogP contribution >= 0.6 is 0 Å². The quantitative estimate of drug-likeness (QED) is 0.290. The predicted octanol–water partition coefficient (Wildman–Crippen LogP) is 4.85. The van der Waals surface area contributed by atoms with Gasteiger partial charge >= 0.3 is 0 Å². The summed E-state index contributed by atoms with van der Waals surface area (Å²) in [7, 11) is -3.85. The number of furan rings is 1. The first-order valence-corrected chi connectivity index (χ1v) is 13.6. The smallest absolute Gasteiger partial charge is 0.238 e. The molecule has 1 amide bonds. The number of ether oxygens (including phenoxy) is 1. The number of aryl methyl sites for hydroxylation is 1. The summed E-state index contributed by atoms with van der Waals surface area (Å²) >= 11 is 0. The van der Waals surface area contributed by atoms with Gasteiger partial charge in [-0.05, 0) is 49.6 Å².